The van der Waals surface area contributed by atoms with Gasteiger partial charge in [0.1, 0.15) is 10.8 Å². The highest BCUT2D eigenvalue weighted by molar-refractivity contribution is 7.80. The van der Waals surface area contributed by atoms with E-state index in [0.717, 1.165) is 22.8 Å². The maximum atomic E-state index is 5.71. The quantitative estimate of drug-likeness (QED) is 0.871. The zero-order valence-electron chi connectivity index (χ0n) is 11.3. The van der Waals surface area contributed by atoms with Gasteiger partial charge in [-0.15, -0.1) is 0 Å². The molecule has 1 aromatic heterocycles. The number of rotatable bonds is 3. The van der Waals surface area contributed by atoms with Crippen molar-refractivity contribution in [3.05, 3.63) is 53.2 Å². The average Bonchev–Trinajstić information content (AvgIpc) is 2.37. The molecule has 1 heterocycles. The van der Waals surface area contributed by atoms with Crippen LogP contribution in [0.5, 0.6) is 0 Å². The number of hydrogen-bond acceptors (Lipinski definition) is 3. The Kier molecular flexibility index (Phi) is 3.81. The van der Waals surface area contributed by atoms with Crippen molar-refractivity contribution in [3.8, 4) is 0 Å². The third-order valence-corrected chi connectivity index (χ3v) is 3.28. The Morgan fingerprint density at radius 2 is 1.89 bits per heavy atom. The van der Waals surface area contributed by atoms with Crippen LogP contribution in [0.2, 0.25) is 0 Å². The standard InChI is InChI=1S/C15H17N3S/c1-10-6-4-5-7-13(10)18(3)14-9-12(15(16)19)8-11(2)17-14/h4-9H,1-3H3,(H2,16,19). The summed E-state index contributed by atoms with van der Waals surface area (Å²) in [6.45, 7) is 4.02. The van der Waals surface area contributed by atoms with E-state index in [2.05, 4.69) is 24.0 Å². The molecule has 3 nitrogen and oxygen atoms in total. The van der Waals surface area contributed by atoms with E-state index in [1.54, 1.807) is 0 Å². The van der Waals surface area contributed by atoms with Crippen molar-refractivity contribution >= 4 is 28.7 Å². The maximum Gasteiger partial charge on any atom is 0.133 e. The normalized spacial score (nSPS) is 10.3. The van der Waals surface area contributed by atoms with Gasteiger partial charge in [0.25, 0.3) is 0 Å². The lowest BCUT2D eigenvalue weighted by atomic mass is 10.1. The number of hydrogen-bond donors (Lipinski definition) is 1. The van der Waals surface area contributed by atoms with Crippen LogP contribution in [0.3, 0.4) is 0 Å². The van der Waals surface area contributed by atoms with Crippen LogP contribution in [0.1, 0.15) is 16.8 Å². The first-order chi connectivity index (χ1) is 8.99. The van der Waals surface area contributed by atoms with Crippen LogP contribution in [-0.2, 0) is 0 Å². The fraction of sp³-hybridized carbons (Fsp3) is 0.200. The minimum Gasteiger partial charge on any atom is -0.389 e. The number of benzene rings is 1. The summed E-state index contributed by atoms with van der Waals surface area (Å²) >= 11 is 5.04. The van der Waals surface area contributed by atoms with Crippen LogP contribution < -0.4 is 10.6 Å². The molecule has 2 rings (SSSR count). The molecule has 0 aliphatic rings. The van der Waals surface area contributed by atoms with E-state index in [-0.39, 0.29) is 0 Å². The average molecular weight is 271 g/mol. The van der Waals surface area contributed by atoms with E-state index >= 15 is 0 Å². The topological polar surface area (TPSA) is 42.1 Å². The molecule has 0 fully saturated rings. The highest BCUT2D eigenvalue weighted by Gasteiger charge is 2.10. The summed E-state index contributed by atoms with van der Waals surface area (Å²) in [5.74, 6) is 0.845. The zero-order valence-corrected chi connectivity index (χ0v) is 12.2. The van der Waals surface area contributed by atoms with E-state index in [1.165, 1.54) is 5.56 Å². The second-order valence-corrected chi connectivity index (χ2v) is 5.00. The molecular formula is C15H17N3S. The number of thiocarbonyl (C=S) groups is 1. The Balaban J connectivity index is 2.47. The minimum atomic E-state index is 0.393. The van der Waals surface area contributed by atoms with Gasteiger partial charge in [0.05, 0.1) is 0 Å². The van der Waals surface area contributed by atoms with E-state index < -0.39 is 0 Å². The second-order valence-electron chi connectivity index (χ2n) is 4.57. The predicted molar refractivity (Wildman–Crippen MR) is 84.1 cm³/mol. The van der Waals surface area contributed by atoms with Crippen molar-refractivity contribution in [1.29, 1.82) is 0 Å². The summed E-state index contributed by atoms with van der Waals surface area (Å²) in [6, 6.07) is 12.0. The number of aryl methyl sites for hydroxylation is 2. The molecule has 0 saturated carbocycles. The molecule has 0 saturated heterocycles. The van der Waals surface area contributed by atoms with Crippen LogP contribution >= 0.6 is 12.2 Å². The molecule has 4 heteroatoms. The van der Waals surface area contributed by atoms with E-state index in [0.29, 0.717) is 4.99 Å². The third kappa shape index (κ3) is 2.90. The number of anilines is 2. The molecule has 0 spiro atoms. The van der Waals surface area contributed by atoms with Crippen molar-refractivity contribution < 1.29 is 0 Å². The lowest BCUT2D eigenvalue weighted by molar-refractivity contribution is 1.08. The SMILES string of the molecule is Cc1cc(C(N)=S)cc(N(C)c2ccccc2C)n1. The highest BCUT2D eigenvalue weighted by atomic mass is 32.1. The van der Waals surface area contributed by atoms with Gasteiger partial charge in [0.2, 0.25) is 0 Å². The molecule has 2 aromatic rings. The second kappa shape index (κ2) is 5.36. The van der Waals surface area contributed by atoms with Gasteiger partial charge in [0.15, 0.2) is 0 Å². The lowest BCUT2D eigenvalue weighted by Gasteiger charge is -2.21. The van der Waals surface area contributed by atoms with Crippen LogP contribution in [0.25, 0.3) is 0 Å². The smallest absolute Gasteiger partial charge is 0.133 e. The zero-order chi connectivity index (χ0) is 14.0. The monoisotopic (exact) mass is 271 g/mol. The summed E-state index contributed by atoms with van der Waals surface area (Å²) in [6.07, 6.45) is 0. The molecule has 0 unspecified atom stereocenters. The van der Waals surface area contributed by atoms with Gasteiger partial charge in [-0.3, -0.25) is 0 Å². The molecule has 0 radical (unpaired) electrons. The molecule has 0 amide bonds. The summed E-state index contributed by atoms with van der Waals surface area (Å²) in [7, 11) is 1.99. The van der Waals surface area contributed by atoms with Gasteiger partial charge >= 0.3 is 0 Å². The first-order valence-corrected chi connectivity index (χ1v) is 6.47. The molecule has 1 aromatic carbocycles. The molecule has 0 atom stereocenters. The summed E-state index contributed by atoms with van der Waals surface area (Å²) < 4.78 is 0. The van der Waals surface area contributed by atoms with Gasteiger partial charge in [-0.2, -0.15) is 0 Å². The fourth-order valence-corrected chi connectivity index (χ4v) is 2.15. The molecule has 0 aliphatic heterocycles. The number of para-hydroxylation sites is 1. The van der Waals surface area contributed by atoms with Gasteiger partial charge < -0.3 is 10.6 Å². The molecular weight excluding hydrogens is 254 g/mol. The van der Waals surface area contributed by atoms with Crippen LogP contribution in [0.15, 0.2) is 36.4 Å². The van der Waals surface area contributed by atoms with Crippen molar-refractivity contribution in [3.63, 3.8) is 0 Å². The Morgan fingerprint density at radius 1 is 1.21 bits per heavy atom. The molecule has 0 aliphatic carbocycles. The summed E-state index contributed by atoms with van der Waals surface area (Å²) in [5, 5.41) is 0. The van der Waals surface area contributed by atoms with Crippen LogP contribution in [0.4, 0.5) is 11.5 Å². The number of aromatic nitrogens is 1. The Morgan fingerprint density at radius 3 is 2.53 bits per heavy atom. The number of pyridine rings is 1. The van der Waals surface area contributed by atoms with Crippen molar-refractivity contribution in [1.82, 2.24) is 4.98 Å². The van der Waals surface area contributed by atoms with E-state index in [9.17, 15) is 0 Å². The maximum absolute atomic E-state index is 5.71. The lowest BCUT2D eigenvalue weighted by Crippen LogP contribution is -2.16. The first kappa shape index (κ1) is 13.5. The first-order valence-electron chi connectivity index (χ1n) is 6.07. The fourth-order valence-electron chi connectivity index (χ4n) is 2.03. The molecule has 0 bridgehead atoms. The highest BCUT2D eigenvalue weighted by Crippen LogP contribution is 2.25. The van der Waals surface area contributed by atoms with Gasteiger partial charge in [-0.05, 0) is 37.6 Å². The predicted octanol–water partition coefficient (Wildman–Crippen LogP) is 3.10. The minimum absolute atomic E-state index is 0.393. The molecule has 98 valence electrons. The van der Waals surface area contributed by atoms with Crippen LogP contribution in [0, 0.1) is 13.8 Å². The number of nitrogens with two attached hydrogens (primary N) is 1. The molecule has 19 heavy (non-hydrogen) atoms. The van der Waals surface area contributed by atoms with E-state index in [1.807, 2.05) is 43.1 Å². The summed E-state index contributed by atoms with van der Waals surface area (Å²) in [5.41, 5.74) is 9.77. The number of nitrogens with zero attached hydrogens (tertiary/aromatic N) is 2. The van der Waals surface area contributed by atoms with E-state index in [4.69, 9.17) is 18.0 Å². The van der Waals surface area contributed by atoms with Crippen molar-refractivity contribution in [2.45, 2.75) is 13.8 Å². The van der Waals surface area contributed by atoms with Crippen molar-refractivity contribution in [2.75, 3.05) is 11.9 Å². The van der Waals surface area contributed by atoms with Crippen molar-refractivity contribution in [2.24, 2.45) is 5.73 Å². The largest absolute Gasteiger partial charge is 0.389 e. The van der Waals surface area contributed by atoms with Crippen LogP contribution in [-0.4, -0.2) is 17.0 Å². The summed E-state index contributed by atoms with van der Waals surface area (Å²) in [4.78, 5) is 6.98. The molecule has 2 N–H and O–H groups in total. The Hall–Kier alpha value is -1.94. The van der Waals surface area contributed by atoms with Gasteiger partial charge in [-0.25, -0.2) is 4.98 Å². The van der Waals surface area contributed by atoms with Gasteiger partial charge in [-0.1, -0.05) is 30.4 Å². The van der Waals surface area contributed by atoms with Gasteiger partial charge in [0, 0.05) is 24.0 Å². The third-order valence-electron chi connectivity index (χ3n) is 3.04. The Labute approximate surface area is 119 Å². The Bertz CT molecular complexity index is 623.